The Kier molecular flexibility index (Phi) is 4.71. The summed E-state index contributed by atoms with van der Waals surface area (Å²) in [4.78, 5) is 19.2. The Morgan fingerprint density at radius 3 is 2.74 bits per heavy atom. The van der Waals surface area contributed by atoms with Gasteiger partial charge in [0.25, 0.3) is 0 Å². The Labute approximate surface area is 117 Å². The zero-order valence-electron chi connectivity index (χ0n) is 10.8. The maximum absolute atomic E-state index is 11.0. The number of aromatic nitrogens is 2. The molecule has 0 radical (unpaired) electrons. The summed E-state index contributed by atoms with van der Waals surface area (Å²) in [5.41, 5.74) is -0.162. The minimum Gasteiger partial charge on any atom is -0.476 e. The van der Waals surface area contributed by atoms with Gasteiger partial charge in [-0.15, -0.1) is 0 Å². The van der Waals surface area contributed by atoms with Crippen LogP contribution in [-0.4, -0.2) is 28.2 Å². The molecule has 0 aliphatic heterocycles. The molecule has 5 nitrogen and oxygen atoms in total. The zero-order chi connectivity index (χ0) is 13.8. The average Bonchev–Trinajstić information content (AvgIpc) is 2.42. The second-order valence-electron chi connectivity index (χ2n) is 4.78. The number of methoxy groups -OCH3 is 1. The number of rotatable bonds is 4. The third-order valence-electron chi connectivity index (χ3n) is 3.55. The molecule has 0 saturated heterocycles. The molecule has 19 heavy (non-hydrogen) atoms. The van der Waals surface area contributed by atoms with Gasteiger partial charge in [0.05, 0.1) is 11.2 Å². The Morgan fingerprint density at radius 2 is 2.16 bits per heavy atom. The van der Waals surface area contributed by atoms with E-state index in [9.17, 15) is 4.79 Å². The number of ether oxygens (including phenoxy) is 1. The zero-order valence-corrected chi connectivity index (χ0v) is 11.6. The molecule has 1 heterocycles. The van der Waals surface area contributed by atoms with Crippen molar-refractivity contribution >= 4 is 17.6 Å². The highest BCUT2D eigenvalue weighted by Crippen LogP contribution is 2.35. The van der Waals surface area contributed by atoms with Crippen LogP contribution in [0.4, 0.5) is 0 Å². The third-order valence-corrected chi connectivity index (χ3v) is 3.83. The van der Waals surface area contributed by atoms with Gasteiger partial charge >= 0.3 is 5.97 Å². The quantitative estimate of drug-likeness (QED) is 0.920. The molecule has 1 saturated carbocycles. The second kappa shape index (κ2) is 6.30. The van der Waals surface area contributed by atoms with Crippen molar-refractivity contribution in [3.63, 3.8) is 0 Å². The molecule has 1 unspecified atom stereocenters. The highest BCUT2D eigenvalue weighted by atomic mass is 35.5. The van der Waals surface area contributed by atoms with Crippen LogP contribution in [0.15, 0.2) is 6.20 Å². The highest BCUT2D eigenvalue weighted by Gasteiger charge is 2.28. The first-order valence-corrected chi connectivity index (χ1v) is 6.79. The third kappa shape index (κ3) is 3.22. The van der Waals surface area contributed by atoms with Crippen LogP contribution in [0.2, 0.25) is 5.02 Å². The van der Waals surface area contributed by atoms with E-state index in [1.54, 1.807) is 7.11 Å². The maximum atomic E-state index is 11.0. The van der Waals surface area contributed by atoms with Crippen molar-refractivity contribution in [2.45, 2.75) is 38.2 Å². The Hall–Kier alpha value is -1.20. The summed E-state index contributed by atoms with van der Waals surface area (Å²) in [6, 6.07) is 0. The molecule has 0 amide bonds. The molecule has 0 spiro atoms. The smallest absolute Gasteiger partial charge is 0.356 e. The van der Waals surface area contributed by atoms with Crippen LogP contribution >= 0.6 is 11.6 Å². The van der Waals surface area contributed by atoms with E-state index in [1.165, 1.54) is 25.5 Å². The van der Waals surface area contributed by atoms with E-state index in [0.29, 0.717) is 11.7 Å². The molecule has 104 valence electrons. The number of nitrogens with zero attached hydrogens (tertiary/aromatic N) is 2. The summed E-state index contributed by atoms with van der Waals surface area (Å²) in [6.07, 6.45) is 6.79. The van der Waals surface area contributed by atoms with E-state index < -0.39 is 5.97 Å². The molecule has 1 aromatic rings. The van der Waals surface area contributed by atoms with Crippen molar-refractivity contribution in [3.05, 3.63) is 22.7 Å². The summed E-state index contributed by atoms with van der Waals surface area (Å²) in [5, 5.41) is 9.09. The van der Waals surface area contributed by atoms with Crippen LogP contribution in [0.1, 0.15) is 54.5 Å². The number of hydrogen-bond donors (Lipinski definition) is 1. The highest BCUT2D eigenvalue weighted by molar-refractivity contribution is 6.33. The van der Waals surface area contributed by atoms with Gasteiger partial charge < -0.3 is 9.84 Å². The average molecular weight is 285 g/mol. The van der Waals surface area contributed by atoms with Gasteiger partial charge in [-0.05, 0) is 18.8 Å². The number of hydrogen-bond acceptors (Lipinski definition) is 4. The topological polar surface area (TPSA) is 72.3 Å². The summed E-state index contributed by atoms with van der Waals surface area (Å²) < 4.78 is 5.49. The lowest BCUT2D eigenvalue weighted by atomic mass is 9.85. The van der Waals surface area contributed by atoms with Crippen molar-refractivity contribution in [1.29, 1.82) is 0 Å². The number of halogens is 1. The van der Waals surface area contributed by atoms with E-state index in [1.807, 2.05) is 0 Å². The lowest BCUT2D eigenvalue weighted by Gasteiger charge is -2.28. The molecule has 1 atom stereocenters. The van der Waals surface area contributed by atoms with E-state index in [2.05, 4.69) is 9.97 Å². The van der Waals surface area contributed by atoms with Crippen molar-refractivity contribution in [2.24, 2.45) is 5.92 Å². The van der Waals surface area contributed by atoms with Gasteiger partial charge in [0.15, 0.2) is 11.5 Å². The van der Waals surface area contributed by atoms with Gasteiger partial charge in [-0.2, -0.15) is 0 Å². The van der Waals surface area contributed by atoms with Crippen LogP contribution in [0.3, 0.4) is 0 Å². The molecule has 1 N–H and O–H groups in total. The van der Waals surface area contributed by atoms with Crippen molar-refractivity contribution in [1.82, 2.24) is 9.97 Å². The fourth-order valence-corrected chi connectivity index (χ4v) is 2.79. The fourth-order valence-electron chi connectivity index (χ4n) is 2.61. The Balaban J connectivity index is 2.27. The van der Waals surface area contributed by atoms with E-state index in [-0.39, 0.29) is 16.8 Å². The van der Waals surface area contributed by atoms with E-state index >= 15 is 0 Å². The molecule has 6 heteroatoms. The van der Waals surface area contributed by atoms with Crippen LogP contribution in [0.25, 0.3) is 0 Å². The van der Waals surface area contributed by atoms with Crippen molar-refractivity contribution < 1.29 is 14.6 Å². The van der Waals surface area contributed by atoms with Gasteiger partial charge in [0, 0.05) is 7.11 Å². The summed E-state index contributed by atoms with van der Waals surface area (Å²) in [5.74, 6) is -0.384. The first-order valence-electron chi connectivity index (χ1n) is 6.42. The summed E-state index contributed by atoms with van der Waals surface area (Å²) in [6.45, 7) is 0. The maximum Gasteiger partial charge on any atom is 0.356 e. The lowest BCUT2D eigenvalue weighted by Crippen LogP contribution is -2.21. The predicted molar refractivity (Wildman–Crippen MR) is 70.3 cm³/mol. The monoisotopic (exact) mass is 284 g/mol. The Bertz CT molecular complexity index is 461. The molecule has 1 aliphatic rings. The van der Waals surface area contributed by atoms with E-state index in [4.69, 9.17) is 21.4 Å². The van der Waals surface area contributed by atoms with Crippen LogP contribution < -0.4 is 0 Å². The molecule has 0 aromatic carbocycles. The molecule has 2 rings (SSSR count). The molecule has 1 aromatic heterocycles. The largest absolute Gasteiger partial charge is 0.476 e. The molecule has 1 fully saturated rings. The SMILES string of the molecule is COC(c1ncc(Cl)c(C(=O)O)n1)C1CCCCC1. The van der Waals surface area contributed by atoms with E-state index in [0.717, 1.165) is 12.8 Å². The lowest BCUT2D eigenvalue weighted by molar-refractivity contribution is 0.0285. The first kappa shape index (κ1) is 14.2. The molecular formula is C13H17ClN2O3. The van der Waals surface area contributed by atoms with Crippen LogP contribution in [-0.2, 0) is 4.74 Å². The Morgan fingerprint density at radius 1 is 1.47 bits per heavy atom. The van der Waals surface area contributed by atoms with Gasteiger partial charge in [0.2, 0.25) is 0 Å². The van der Waals surface area contributed by atoms with Gasteiger partial charge in [-0.3, -0.25) is 0 Å². The number of carbonyl (C=O) groups is 1. The standard InChI is InChI=1S/C13H17ClN2O3/c1-19-11(8-5-3-2-4-6-8)12-15-7-9(14)10(16-12)13(17)18/h7-8,11H,2-6H2,1H3,(H,17,18). The minimum atomic E-state index is -1.15. The van der Waals surface area contributed by atoms with Crippen LogP contribution in [0, 0.1) is 5.92 Å². The van der Waals surface area contributed by atoms with Gasteiger partial charge in [-0.25, -0.2) is 14.8 Å². The van der Waals surface area contributed by atoms with Crippen molar-refractivity contribution in [2.75, 3.05) is 7.11 Å². The predicted octanol–water partition coefficient (Wildman–Crippen LogP) is 3.10. The minimum absolute atomic E-state index is 0.0507. The molecule has 1 aliphatic carbocycles. The van der Waals surface area contributed by atoms with Gasteiger partial charge in [0.1, 0.15) is 6.10 Å². The molecule has 0 bridgehead atoms. The number of carboxylic acid groups (broad SMARTS) is 1. The van der Waals surface area contributed by atoms with Crippen molar-refractivity contribution in [3.8, 4) is 0 Å². The summed E-state index contributed by atoms with van der Waals surface area (Å²) >= 11 is 5.78. The summed E-state index contributed by atoms with van der Waals surface area (Å²) in [7, 11) is 1.61. The number of carboxylic acids is 1. The fraction of sp³-hybridized carbons (Fsp3) is 0.615. The second-order valence-corrected chi connectivity index (χ2v) is 5.19. The van der Waals surface area contributed by atoms with Crippen LogP contribution in [0.5, 0.6) is 0 Å². The molecular weight excluding hydrogens is 268 g/mol. The normalized spacial score (nSPS) is 18.2. The van der Waals surface area contributed by atoms with Gasteiger partial charge in [-0.1, -0.05) is 30.9 Å². The first-order chi connectivity index (χ1) is 9.13. The number of aromatic carboxylic acids is 1.